The second-order valence-corrected chi connectivity index (χ2v) is 7.11. The third-order valence-electron chi connectivity index (χ3n) is 3.68. The summed E-state index contributed by atoms with van der Waals surface area (Å²) in [6.07, 6.45) is 0.855. The zero-order valence-electron chi connectivity index (χ0n) is 13.9. The lowest BCUT2D eigenvalue weighted by molar-refractivity contribution is -0.0501. The number of nitrogens with zero attached hydrogens (tertiary/aromatic N) is 2. The average Bonchev–Trinajstić information content (AvgIpc) is 2.61. The lowest BCUT2D eigenvalue weighted by Crippen LogP contribution is -2.28. The molecular weight excluding hydrogens is 381 g/mol. The van der Waals surface area contributed by atoms with Crippen LogP contribution in [0.4, 0.5) is 13.2 Å². The van der Waals surface area contributed by atoms with Gasteiger partial charge >= 0.3 is 15.6 Å². The molecule has 2 aromatic carbocycles. The highest BCUT2D eigenvalue weighted by Gasteiger charge is 2.49. The van der Waals surface area contributed by atoms with Crippen molar-refractivity contribution in [3.63, 3.8) is 0 Å². The van der Waals surface area contributed by atoms with Crippen molar-refractivity contribution in [2.75, 3.05) is 0 Å². The third kappa shape index (κ3) is 3.92. The first-order valence-electron chi connectivity index (χ1n) is 7.68. The van der Waals surface area contributed by atoms with Crippen LogP contribution in [0, 0.1) is 6.92 Å². The minimum atomic E-state index is -5.84. The summed E-state index contributed by atoms with van der Waals surface area (Å²) in [5.74, 6) is -0.759. The fourth-order valence-corrected chi connectivity index (χ4v) is 2.81. The van der Waals surface area contributed by atoms with Crippen LogP contribution in [0.3, 0.4) is 0 Å². The Morgan fingerprint density at radius 3 is 2.19 bits per heavy atom. The maximum atomic E-state index is 12.6. The molecule has 0 amide bonds. The Kier molecular flexibility index (Phi) is 4.88. The van der Waals surface area contributed by atoms with Gasteiger partial charge in [-0.05, 0) is 12.5 Å². The first-order valence-corrected chi connectivity index (χ1v) is 9.09. The molecule has 0 aliphatic heterocycles. The van der Waals surface area contributed by atoms with Gasteiger partial charge in [0.2, 0.25) is 0 Å². The van der Waals surface area contributed by atoms with Crippen LogP contribution in [-0.2, 0) is 10.1 Å². The molecule has 0 saturated carbocycles. The van der Waals surface area contributed by atoms with Crippen LogP contribution in [0.5, 0.6) is 5.88 Å². The van der Waals surface area contributed by atoms with E-state index in [1.807, 2.05) is 0 Å². The Morgan fingerprint density at radius 1 is 0.926 bits per heavy atom. The number of benzene rings is 2. The number of aryl methyl sites for hydroxylation is 1. The molecule has 0 spiro atoms. The van der Waals surface area contributed by atoms with Gasteiger partial charge < -0.3 is 4.18 Å². The fourth-order valence-electron chi connectivity index (χ4n) is 2.41. The van der Waals surface area contributed by atoms with Crippen molar-refractivity contribution >= 4 is 10.1 Å². The number of alkyl halides is 3. The van der Waals surface area contributed by atoms with Gasteiger partial charge in [0.15, 0.2) is 0 Å². The summed E-state index contributed by atoms with van der Waals surface area (Å²) in [6.45, 7) is 1.80. The van der Waals surface area contributed by atoms with Gasteiger partial charge in [-0.1, -0.05) is 54.6 Å². The first-order chi connectivity index (χ1) is 12.7. The highest BCUT2D eigenvalue weighted by molar-refractivity contribution is 7.87. The molecule has 0 aliphatic rings. The smallest absolute Gasteiger partial charge is 0.354 e. The topological polar surface area (TPSA) is 69.2 Å². The van der Waals surface area contributed by atoms with E-state index in [1.54, 1.807) is 61.5 Å². The van der Waals surface area contributed by atoms with Gasteiger partial charge in [0, 0.05) is 11.1 Å². The average molecular weight is 394 g/mol. The van der Waals surface area contributed by atoms with E-state index in [2.05, 4.69) is 14.2 Å². The Hall–Kier alpha value is -2.94. The highest BCUT2D eigenvalue weighted by atomic mass is 32.2. The molecule has 0 N–H and O–H groups in total. The van der Waals surface area contributed by atoms with Gasteiger partial charge in [-0.25, -0.2) is 9.97 Å². The number of rotatable bonds is 4. The van der Waals surface area contributed by atoms with Gasteiger partial charge in [-0.15, -0.1) is 0 Å². The Bertz CT molecular complexity index is 1070. The molecule has 1 heterocycles. The van der Waals surface area contributed by atoms with Crippen molar-refractivity contribution < 1.29 is 25.8 Å². The zero-order chi connectivity index (χ0) is 19.7. The van der Waals surface area contributed by atoms with E-state index in [1.165, 1.54) is 0 Å². The standard InChI is InChI=1S/C18H13F3N2O3S/c1-12-7-5-6-10-14(12)17-16(13-8-3-2-4-9-13)22-11-15(23-17)26-27(24,25)18(19,20)21/h2-11H,1H3. The van der Waals surface area contributed by atoms with Crippen LogP contribution in [0.25, 0.3) is 22.5 Å². The van der Waals surface area contributed by atoms with E-state index < -0.39 is 21.5 Å². The van der Waals surface area contributed by atoms with Gasteiger partial charge in [-0.3, -0.25) is 0 Å². The summed E-state index contributed by atoms with van der Waals surface area (Å²) < 4.78 is 64.5. The Morgan fingerprint density at radius 2 is 1.56 bits per heavy atom. The van der Waals surface area contributed by atoms with Crippen LogP contribution >= 0.6 is 0 Å². The minimum Gasteiger partial charge on any atom is -0.354 e. The first kappa shape index (κ1) is 18.8. The van der Waals surface area contributed by atoms with Gasteiger partial charge in [-0.2, -0.15) is 21.6 Å². The van der Waals surface area contributed by atoms with E-state index in [-0.39, 0.29) is 5.69 Å². The van der Waals surface area contributed by atoms with Crippen LogP contribution in [-0.4, -0.2) is 23.9 Å². The number of aromatic nitrogens is 2. The molecule has 27 heavy (non-hydrogen) atoms. The van der Waals surface area contributed by atoms with E-state index in [0.29, 0.717) is 16.8 Å². The second-order valence-electron chi connectivity index (χ2n) is 5.57. The summed E-state index contributed by atoms with van der Waals surface area (Å²) in [4.78, 5) is 8.13. The maximum absolute atomic E-state index is 12.6. The minimum absolute atomic E-state index is 0.217. The molecule has 1 aromatic heterocycles. The van der Waals surface area contributed by atoms with Crippen molar-refractivity contribution in [2.24, 2.45) is 0 Å². The molecule has 0 atom stereocenters. The molecule has 0 unspecified atom stereocenters. The van der Waals surface area contributed by atoms with Crippen LogP contribution in [0.2, 0.25) is 0 Å². The fraction of sp³-hybridized carbons (Fsp3) is 0.111. The zero-order valence-corrected chi connectivity index (χ0v) is 14.8. The van der Waals surface area contributed by atoms with Gasteiger partial charge in [0.1, 0.15) is 5.69 Å². The van der Waals surface area contributed by atoms with Crippen LogP contribution in [0.1, 0.15) is 5.56 Å². The lowest BCUT2D eigenvalue weighted by atomic mass is 10.0. The quantitative estimate of drug-likeness (QED) is 0.486. The van der Waals surface area contributed by atoms with Crippen LogP contribution in [0.15, 0.2) is 60.8 Å². The Labute approximate surface area is 153 Å². The van der Waals surface area contributed by atoms with Crippen LogP contribution < -0.4 is 4.18 Å². The van der Waals surface area contributed by atoms with Crippen molar-refractivity contribution in [3.8, 4) is 28.4 Å². The molecule has 5 nitrogen and oxygen atoms in total. The molecule has 3 rings (SSSR count). The summed E-state index contributed by atoms with van der Waals surface area (Å²) in [6, 6.07) is 15.9. The molecule has 0 bridgehead atoms. The molecule has 0 fully saturated rings. The summed E-state index contributed by atoms with van der Waals surface area (Å²) in [5, 5.41) is 0. The van der Waals surface area contributed by atoms with E-state index in [0.717, 1.165) is 11.8 Å². The summed E-state index contributed by atoms with van der Waals surface area (Å²) in [7, 11) is -5.84. The number of hydrogen-bond acceptors (Lipinski definition) is 5. The van der Waals surface area contributed by atoms with Crippen molar-refractivity contribution in [2.45, 2.75) is 12.4 Å². The molecule has 9 heteroatoms. The molecule has 0 aliphatic carbocycles. The summed E-state index contributed by atoms with van der Waals surface area (Å²) in [5.41, 5.74) is -2.89. The molecule has 0 radical (unpaired) electrons. The van der Waals surface area contributed by atoms with Gasteiger partial charge in [0.25, 0.3) is 5.88 Å². The molecule has 3 aromatic rings. The third-order valence-corrected chi connectivity index (χ3v) is 4.63. The molecular formula is C18H13F3N2O3S. The van der Waals surface area contributed by atoms with Crippen molar-refractivity contribution in [1.29, 1.82) is 0 Å². The van der Waals surface area contributed by atoms with Crippen molar-refractivity contribution in [3.05, 3.63) is 66.4 Å². The SMILES string of the molecule is Cc1ccccc1-c1nc(OS(=O)(=O)C(F)(F)F)cnc1-c1ccccc1. The van der Waals surface area contributed by atoms with Crippen molar-refractivity contribution in [1.82, 2.24) is 9.97 Å². The normalized spacial score (nSPS) is 12.0. The highest BCUT2D eigenvalue weighted by Crippen LogP contribution is 2.33. The molecule has 0 saturated heterocycles. The maximum Gasteiger partial charge on any atom is 0.534 e. The monoisotopic (exact) mass is 394 g/mol. The van der Waals surface area contributed by atoms with E-state index in [4.69, 9.17) is 0 Å². The van der Waals surface area contributed by atoms with Gasteiger partial charge in [0.05, 0.1) is 11.9 Å². The predicted octanol–water partition coefficient (Wildman–Crippen LogP) is 4.35. The predicted molar refractivity (Wildman–Crippen MR) is 93.2 cm³/mol. The lowest BCUT2D eigenvalue weighted by Gasteiger charge is -2.13. The van der Waals surface area contributed by atoms with E-state index >= 15 is 0 Å². The second kappa shape index (κ2) is 6.99. The van der Waals surface area contributed by atoms with E-state index in [9.17, 15) is 21.6 Å². The number of halogens is 3. The summed E-state index contributed by atoms with van der Waals surface area (Å²) >= 11 is 0. The number of hydrogen-bond donors (Lipinski definition) is 0. The molecule has 140 valence electrons. The Balaban J connectivity index is 2.17. The largest absolute Gasteiger partial charge is 0.534 e.